The van der Waals surface area contributed by atoms with Gasteiger partial charge in [-0.25, -0.2) is 0 Å². The highest BCUT2D eigenvalue weighted by Gasteiger charge is 1.98. The van der Waals surface area contributed by atoms with E-state index >= 15 is 0 Å². The zero-order chi connectivity index (χ0) is 9.97. The van der Waals surface area contributed by atoms with Gasteiger partial charge in [-0.1, -0.05) is 38.0 Å². The fourth-order valence-electron chi connectivity index (χ4n) is 1.26. The van der Waals surface area contributed by atoms with Crippen LogP contribution in [-0.4, -0.2) is 0 Å². The van der Waals surface area contributed by atoms with Crippen LogP contribution in [-0.2, 0) is 0 Å². The molecule has 0 aliphatic heterocycles. The quantitative estimate of drug-likeness (QED) is 0.571. The Balaban J connectivity index is 2.42. The molecule has 70 valence electrons. The molecule has 0 fully saturated rings. The molecule has 0 spiro atoms. The molecule has 0 N–H and O–H groups in total. The molecule has 14 heavy (non-hydrogen) atoms. The first-order valence-electron chi connectivity index (χ1n) is 4.76. The Morgan fingerprint density at radius 3 is 2.71 bits per heavy atom. The van der Waals surface area contributed by atoms with Crippen molar-refractivity contribution < 1.29 is 4.42 Å². The lowest BCUT2D eigenvalue weighted by atomic mass is 10.2. The van der Waals surface area contributed by atoms with Crippen molar-refractivity contribution in [2.24, 2.45) is 5.92 Å². The topological polar surface area (TPSA) is 13.1 Å². The van der Waals surface area contributed by atoms with E-state index in [-0.39, 0.29) is 0 Å². The predicted octanol–water partition coefficient (Wildman–Crippen LogP) is 3.44. The molecule has 1 aromatic carbocycles. The summed E-state index contributed by atoms with van der Waals surface area (Å²) in [6.07, 6.45) is 0. The third-order valence-electron chi connectivity index (χ3n) is 1.91. The highest BCUT2D eigenvalue weighted by Crippen LogP contribution is 2.17. The number of rotatable bonds is 0. The van der Waals surface area contributed by atoms with Crippen LogP contribution in [0.1, 0.15) is 19.6 Å². The first-order chi connectivity index (χ1) is 6.75. The molecule has 0 aliphatic rings. The van der Waals surface area contributed by atoms with E-state index in [0.717, 1.165) is 16.7 Å². The molecule has 2 aromatic rings. The summed E-state index contributed by atoms with van der Waals surface area (Å²) in [6.45, 7) is 4.13. The molecule has 1 heteroatoms. The molecule has 1 nitrogen and oxygen atoms in total. The van der Waals surface area contributed by atoms with Gasteiger partial charge in [-0.05, 0) is 12.0 Å². The molecular weight excluding hydrogens is 172 g/mol. The number of benzene rings is 1. The maximum absolute atomic E-state index is 5.54. The molecule has 0 bridgehead atoms. The van der Waals surface area contributed by atoms with E-state index in [0.29, 0.717) is 5.92 Å². The van der Waals surface area contributed by atoms with E-state index in [4.69, 9.17) is 4.42 Å². The van der Waals surface area contributed by atoms with Gasteiger partial charge < -0.3 is 4.42 Å². The van der Waals surface area contributed by atoms with Crippen LogP contribution in [0.15, 0.2) is 34.7 Å². The normalized spacial score (nSPS) is 10.2. The molecule has 0 atom stereocenters. The van der Waals surface area contributed by atoms with Gasteiger partial charge in [-0.2, -0.15) is 0 Å². The van der Waals surface area contributed by atoms with Crippen molar-refractivity contribution in [2.45, 2.75) is 13.8 Å². The summed E-state index contributed by atoms with van der Waals surface area (Å²) in [7, 11) is 0. The van der Waals surface area contributed by atoms with Crippen LogP contribution < -0.4 is 0 Å². The number of furan rings is 1. The SMILES string of the molecule is CC(C)C#Cc1cc2ccccc2o1. The smallest absolute Gasteiger partial charge is 0.178 e. The molecule has 0 amide bonds. The average molecular weight is 184 g/mol. The molecule has 0 saturated heterocycles. The Morgan fingerprint density at radius 2 is 2.00 bits per heavy atom. The van der Waals surface area contributed by atoms with Gasteiger partial charge >= 0.3 is 0 Å². The Morgan fingerprint density at radius 1 is 1.21 bits per heavy atom. The van der Waals surface area contributed by atoms with Crippen molar-refractivity contribution in [1.82, 2.24) is 0 Å². The summed E-state index contributed by atoms with van der Waals surface area (Å²) in [4.78, 5) is 0. The lowest BCUT2D eigenvalue weighted by molar-refractivity contribution is 0.601. The molecular formula is C13H12O. The van der Waals surface area contributed by atoms with Crippen molar-refractivity contribution in [3.63, 3.8) is 0 Å². The lowest BCUT2D eigenvalue weighted by Crippen LogP contribution is -1.77. The van der Waals surface area contributed by atoms with Crippen molar-refractivity contribution in [1.29, 1.82) is 0 Å². The van der Waals surface area contributed by atoms with E-state index in [1.54, 1.807) is 0 Å². The third-order valence-corrected chi connectivity index (χ3v) is 1.91. The summed E-state index contributed by atoms with van der Waals surface area (Å²) in [5, 5.41) is 1.11. The summed E-state index contributed by atoms with van der Waals surface area (Å²) < 4.78 is 5.54. The Kier molecular flexibility index (Phi) is 2.28. The Bertz CT molecular complexity index is 461. The minimum Gasteiger partial charge on any atom is -0.448 e. The van der Waals surface area contributed by atoms with Crippen LogP contribution in [0.2, 0.25) is 0 Å². The number of para-hydroxylation sites is 1. The fourth-order valence-corrected chi connectivity index (χ4v) is 1.26. The largest absolute Gasteiger partial charge is 0.448 e. The van der Waals surface area contributed by atoms with Crippen LogP contribution in [0, 0.1) is 17.8 Å². The van der Waals surface area contributed by atoms with E-state index in [1.807, 2.05) is 30.3 Å². The van der Waals surface area contributed by atoms with Crippen LogP contribution in [0.5, 0.6) is 0 Å². The van der Waals surface area contributed by atoms with Gasteiger partial charge in [0.1, 0.15) is 5.58 Å². The maximum atomic E-state index is 5.54. The van der Waals surface area contributed by atoms with Gasteiger partial charge in [-0.15, -0.1) is 0 Å². The fraction of sp³-hybridized carbons (Fsp3) is 0.231. The second-order valence-electron chi connectivity index (χ2n) is 3.57. The summed E-state index contributed by atoms with van der Waals surface area (Å²) in [5.41, 5.74) is 0.903. The molecule has 2 rings (SSSR count). The van der Waals surface area contributed by atoms with Gasteiger partial charge in [0.05, 0.1) is 0 Å². The second-order valence-corrected chi connectivity index (χ2v) is 3.57. The minimum atomic E-state index is 0.378. The van der Waals surface area contributed by atoms with Crippen LogP contribution in [0.4, 0.5) is 0 Å². The Labute approximate surface area is 83.7 Å². The molecule has 1 heterocycles. The van der Waals surface area contributed by atoms with Gasteiger partial charge in [-0.3, -0.25) is 0 Å². The second kappa shape index (κ2) is 3.59. The Hall–Kier alpha value is -1.68. The zero-order valence-electron chi connectivity index (χ0n) is 8.37. The average Bonchev–Trinajstić information content (AvgIpc) is 2.57. The van der Waals surface area contributed by atoms with E-state index in [9.17, 15) is 0 Å². The van der Waals surface area contributed by atoms with Crippen LogP contribution in [0.3, 0.4) is 0 Å². The third kappa shape index (κ3) is 1.80. The summed E-state index contributed by atoms with van der Waals surface area (Å²) >= 11 is 0. The maximum Gasteiger partial charge on any atom is 0.178 e. The van der Waals surface area contributed by atoms with Crippen molar-refractivity contribution >= 4 is 11.0 Å². The van der Waals surface area contributed by atoms with Crippen LogP contribution in [0.25, 0.3) is 11.0 Å². The first kappa shape index (κ1) is 8.90. The van der Waals surface area contributed by atoms with Gasteiger partial charge in [0.25, 0.3) is 0 Å². The monoisotopic (exact) mass is 184 g/mol. The van der Waals surface area contributed by atoms with Crippen molar-refractivity contribution in [2.75, 3.05) is 0 Å². The minimum absolute atomic E-state index is 0.378. The van der Waals surface area contributed by atoms with Crippen molar-refractivity contribution in [3.05, 3.63) is 36.1 Å². The number of hydrogen-bond donors (Lipinski definition) is 0. The van der Waals surface area contributed by atoms with Gasteiger partial charge in [0.15, 0.2) is 5.76 Å². The molecule has 0 unspecified atom stereocenters. The molecule has 0 saturated carbocycles. The van der Waals surface area contributed by atoms with Crippen molar-refractivity contribution in [3.8, 4) is 11.8 Å². The van der Waals surface area contributed by atoms with E-state index in [2.05, 4.69) is 25.7 Å². The van der Waals surface area contributed by atoms with E-state index < -0.39 is 0 Å². The summed E-state index contributed by atoms with van der Waals surface area (Å²) in [5.74, 6) is 7.22. The van der Waals surface area contributed by atoms with Gasteiger partial charge in [0, 0.05) is 17.4 Å². The van der Waals surface area contributed by atoms with Gasteiger partial charge in [0.2, 0.25) is 0 Å². The highest BCUT2D eigenvalue weighted by atomic mass is 16.3. The number of hydrogen-bond acceptors (Lipinski definition) is 1. The molecule has 0 aliphatic carbocycles. The molecule has 1 aromatic heterocycles. The lowest BCUT2D eigenvalue weighted by Gasteiger charge is -1.85. The van der Waals surface area contributed by atoms with E-state index in [1.165, 1.54) is 0 Å². The van der Waals surface area contributed by atoms with Crippen LogP contribution >= 0.6 is 0 Å². The highest BCUT2D eigenvalue weighted by molar-refractivity contribution is 5.78. The first-order valence-corrected chi connectivity index (χ1v) is 4.76. The standard InChI is InChI=1S/C13H12O/c1-10(2)7-8-12-9-11-5-3-4-6-13(11)14-12/h3-6,9-10H,1-2H3. The predicted molar refractivity (Wildman–Crippen MR) is 57.9 cm³/mol. The molecule has 0 radical (unpaired) electrons. The number of fused-ring (bicyclic) bond motifs is 1. The zero-order valence-corrected chi connectivity index (χ0v) is 8.37. The summed E-state index contributed by atoms with van der Waals surface area (Å²) in [6, 6.07) is 9.92.